The van der Waals surface area contributed by atoms with Crippen LogP contribution in [0.25, 0.3) is 0 Å². The van der Waals surface area contributed by atoms with Gasteiger partial charge in [-0.05, 0) is 23.3 Å². The fourth-order valence-corrected chi connectivity index (χ4v) is 3.56. The zero-order valence-electron chi connectivity index (χ0n) is 11.2. The highest BCUT2D eigenvalue weighted by atomic mass is 16.5. The van der Waals surface area contributed by atoms with Crippen molar-refractivity contribution in [1.29, 1.82) is 0 Å². The lowest BCUT2D eigenvalue weighted by Crippen LogP contribution is -2.37. The molecule has 0 fully saturated rings. The summed E-state index contributed by atoms with van der Waals surface area (Å²) in [6.45, 7) is 1.11. The summed E-state index contributed by atoms with van der Waals surface area (Å²) in [5.41, 5.74) is 10.5. The van der Waals surface area contributed by atoms with Gasteiger partial charge >= 0.3 is 0 Å². The second kappa shape index (κ2) is 3.56. The van der Waals surface area contributed by atoms with Crippen molar-refractivity contribution in [2.24, 2.45) is 0 Å². The number of benzene rings is 2. The number of fused-ring (bicyclic) bond motifs is 5. The third-order valence-corrected chi connectivity index (χ3v) is 4.63. The van der Waals surface area contributed by atoms with Crippen molar-refractivity contribution in [2.45, 2.75) is 12.0 Å². The molecule has 1 unspecified atom stereocenters. The fourth-order valence-electron chi connectivity index (χ4n) is 3.56. The molecule has 0 radical (unpaired) electrons. The summed E-state index contributed by atoms with van der Waals surface area (Å²) in [4.78, 5) is 12.7. The van der Waals surface area contributed by atoms with Gasteiger partial charge in [-0.3, -0.25) is 4.79 Å². The van der Waals surface area contributed by atoms with Gasteiger partial charge in [0.25, 0.3) is 0 Å². The van der Waals surface area contributed by atoms with E-state index in [1.807, 2.05) is 30.3 Å². The number of amides is 1. The Hall–Kier alpha value is -2.53. The number of carbonyl (C=O) groups excluding carboxylic acids is 1. The molecule has 5 nitrogen and oxygen atoms in total. The molecular formula is C16H13N3O2. The third-order valence-electron chi connectivity index (χ3n) is 4.63. The van der Waals surface area contributed by atoms with Gasteiger partial charge in [0.1, 0.15) is 17.8 Å². The van der Waals surface area contributed by atoms with E-state index in [1.54, 1.807) is 0 Å². The van der Waals surface area contributed by atoms with Crippen LogP contribution in [0, 0.1) is 0 Å². The number of carbonyl (C=O) groups is 1. The van der Waals surface area contributed by atoms with Gasteiger partial charge in [-0.25, -0.2) is 5.43 Å². The monoisotopic (exact) mass is 279 g/mol. The number of nitrogens with one attached hydrogen (secondary N) is 3. The van der Waals surface area contributed by atoms with Gasteiger partial charge in [-0.2, -0.15) is 0 Å². The SMILES string of the molecule is O=C1Nc2ccccc2C12COc1cc3c(cc12)CNN3. The largest absolute Gasteiger partial charge is 0.491 e. The quantitative estimate of drug-likeness (QED) is 0.687. The van der Waals surface area contributed by atoms with E-state index < -0.39 is 5.41 Å². The maximum absolute atomic E-state index is 12.7. The van der Waals surface area contributed by atoms with Crippen molar-refractivity contribution in [1.82, 2.24) is 5.43 Å². The molecule has 0 saturated carbocycles. The molecule has 2 aromatic rings. The van der Waals surface area contributed by atoms with E-state index in [0.29, 0.717) is 6.61 Å². The van der Waals surface area contributed by atoms with Crippen LogP contribution in [0.5, 0.6) is 5.75 Å². The van der Waals surface area contributed by atoms with E-state index in [4.69, 9.17) is 4.74 Å². The van der Waals surface area contributed by atoms with Gasteiger partial charge in [0.05, 0.1) is 5.69 Å². The number of hydrazine groups is 1. The van der Waals surface area contributed by atoms with Gasteiger partial charge in [-0.1, -0.05) is 18.2 Å². The average molecular weight is 279 g/mol. The first-order chi connectivity index (χ1) is 10.3. The first kappa shape index (κ1) is 11.2. The minimum atomic E-state index is -0.705. The Balaban J connectivity index is 1.79. The minimum Gasteiger partial charge on any atom is -0.491 e. The second-order valence-electron chi connectivity index (χ2n) is 5.68. The van der Waals surface area contributed by atoms with Crippen LogP contribution in [0.1, 0.15) is 16.7 Å². The maximum Gasteiger partial charge on any atom is 0.243 e. The Morgan fingerprint density at radius 3 is 2.95 bits per heavy atom. The van der Waals surface area contributed by atoms with Crippen LogP contribution in [-0.2, 0) is 16.8 Å². The molecule has 0 saturated heterocycles. The lowest BCUT2D eigenvalue weighted by molar-refractivity contribution is -0.119. The average Bonchev–Trinajstić information content (AvgIpc) is 3.16. The number of hydrogen-bond acceptors (Lipinski definition) is 4. The predicted octanol–water partition coefficient (Wildman–Crippen LogP) is 1.75. The third kappa shape index (κ3) is 1.22. The van der Waals surface area contributed by atoms with Gasteiger partial charge < -0.3 is 15.5 Å². The van der Waals surface area contributed by atoms with Gasteiger partial charge in [0, 0.05) is 23.9 Å². The van der Waals surface area contributed by atoms with E-state index >= 15 is 0 Å². The van der Waals surface area contributed by atoms with Crippen molar-refractivity contribution in [3.05, 3.63) is 53.1 Å². The lowest BCUT2D eigenvalue weighted by atomic mass is 9.76. The topological polar surface area (TPSA) is 62.4 Å². The van der Waals surface area contributed by atoms with Gasteiger partial charge in [0.15, 0.2) is 0 Å². The Labute approximate surface area is 121 Å². The summed E-state index contributed by atoms with van der Waals surface area (Å²) in [6, 6.07) is 11.9. The standard InChI is InChI=1S/C16H13N3O2/c20-15-16(10-3-1-2-4-12(10)18-15)8-21-14-6-13-9(5-11(14)16)7-17-19-13/h1-6,17,19H,7-8H2,(H,18,20). The summed E-state index contributed by atoms with van der Waals surface area (Å²) in [7, 11) is 0. The van der Waals surface area contributed by atoms with Crippen LogP contribution in [0.4, 0.5) is 11.4 Å². The molecule has 21 heavy (non-hydrogen) atoms. The van der Waals surface area contributed by atoms with Crippen molar-refractivity contribution in [3.63, 3.8) is 0 Å². The first-order valence-corrected chi connectivity index (χ1v) is 6.99. The molecule has 3 aliphatic heterocycles. The molecule has 5 rings (SSSR count). The molecule has 3 N–H and O–H groups in total. The molecule has 5 heteroatoms. The minimum absolute atomic E-state index is 0.00122. The van der Waals surface area contributed by atoms with Crippen LogP contribution in [0.2, 0.25) is 0 Å². The van der Waals surface area contributed by atoms with E-state index in [-0.39, 0.29) is 5.91 Å². The molecule has 0 aliphatic carbocycles. The second-order valence-corrected chi connectivity index (χ2v) is 5.68. The molecule has 0 bridgehead atoms. The van der Waals surface area contributed by atoms with Crippen molar-refractivity contribution in [2.75, 3.05) is 17.3 Å². The molecule has 3 heterocycles. The van der Waals surface area contributed by atoms with Gasteiger partial charge in [0.2, 0.25) is 5.91 Å². The first-order valence-electron chi connectivity index (χ1n) is 6.99. The van der Waals surface area contributed by atoms with E-state index in [2.05, 4.69) is 22.2 Å². The number of anilines is 2. The van der Waals surface area contributed by atoms with E-state index in [9.17, 15) is 4.79 Å². The van der Waals surface area contributed by atoms with Crippen LogP contribution < -0.4 is 20.9 Å². The Morgan fingerprint density at radius 2 is 2.00 bits per heavy atom. The maximum atomic E-state index is 12.7. The van der Waals surface area contributed by atoms with Gasteiger partial charge in [-0.15, -0.1) is 0 Å². The smallest absolute Gasteiger partial charge is 0.243 e. The highest BCUT2D eigenvalue weighted by Gasteiger charge is 2.54. The summed E-state index contributed by atoms with van der Waals surface area (Å²) in [6.07, 6.45) is 0. The Kier molecular flexibility index (Phi) is 1.89. The zero-order valence-corrected chi connectivity index (χ0v) is 11.2. The summed E-state index contributed by atoms with van der Waals surface area (Å²) < 4.78 is 5.86. The molecule has 2 aromatic carbocycles. The molecule has 1 amide bonds. The summed E-state index contributed by atoms with van der Waals surface area (Å²) in [5.74, 6) is 0.790. The fraction of sp³-hybridized carbons (Fsp3) is 0.188. The van der Waals surface area contributed by atoms with Crippen LogP contribution in [-0.4, -0.2) is 12.5 Å². The number of rotatable bonds is 0. The molecule has 104 valence electrons. The normalized spacial score (nSPS) is 24.1. The molecule has 3 aliphatic rings. The highest BCUT2D eigenvalue weighted by Crippen LogP contribution is 2.51. The molecular weight excluding hydrogens is 266 g/mol. The van der Waals surface area contributed by atoms with Crippen molar-refractivity contribution < 1.29 is 9.53 Å². The molecule has 1 spiro atoms. The Bertz CT molecular complexity index is 802. The summed E-state index contributed by atoms with van der Waals surface area (Å²) in [5, 5.41) is 2.99. The Morgan fingerprint density at radius 1 is 1.10 bits per heavy atom. The van der Waals surface area contributed by atoms with Crippen LogP contribution in [0.15, 0.2) is 36.4 Å². The lowest BCUT2D eigenvalue weighted by Gasteiger charge is -2.20. The molecule has 1 atom stereocenters. The number of ether oxygens (including phenoxy) is 1. The predicted molar refractivity (Wildman–Crippen MR) is 78.3 cm³/mol. The van der Waals surface area contributed by atoms with Crippen LogP contribution in [0.3, 0.4) is 0 Å². The van der Waals surface area contributed by atoms with Crippen LogP contribution >= 0.6 is 0 Å². The van der Waals surface area contributed by atoms with Crippen molar-refractivity contribution in [3.8, 4) is 5.75 Å². The number of hydrogen-bond donors (Lipinski definition) is 3. The zero-order chi connectivity index (χ0) is 14.0. The highest BCUT2D eigenvalue weighted by molar-refractivity contribution is 6.10. The van der Waals surface area contributed by atoms with Crippen molar-refractivity contribution >= 4 is 17.3 Å². The number of para-hydroxylation sites is 1. The molecule has 0 aromatic heterocycles. The van der Waals surface area contributed by atoms with E-state index in [0.717, 1.165) is 40.4 Å². The summed E-state index contributed by atoms with van der Waals surface area (Å²) >= 11 is 0. The van der Waals surface area contributed by atoms with E-state index in [1.165, 1.54) is 0 Å².